The molecule has 2 aromatic heterocycles. The summed E-state index contributed by atoms with van der Waals surface area (Å²) in [4.78, 5) is 25.9. The number of benzene rings is 1. The fourth-order valence-electron chi connectivity index (χ4n) is 3.50. The lowest BCUT2D eigenvalue weighted by Crippen LogP contribution is -2.44. The smallest absolute Gasteiger partial charge is 0.240 e. The van der Waals surface area contributed by atoms with E-state index < -0.39 is 0 Å². The maximum Gasteiger partial charge on any atom is 0.240 e. The lowest BCUT2D eigenvalue weighted by atomic mass is 10.1. The summed E-state index contributed by atoms with van der Waals surface area (Å²) in [6.45, 7) is 2.96. The highest BCUT2D eigenvalue weighted by molar-refractivity contribution is 6.00. The van der Waals surface area contributed by atoms with Gasteiger partial charge in [-0.25, -0.2) is 4.68 Å². The first-order valence-electron chi connectivity index (χ1n) is 8.78. The van der Waals surface area contributed by atoms with Crippen LogP contribution in [0, 0.1) is 0 Å². The van der Waals surface area contributed by atoms with Crippen molar-refractivity contribution in [1.82, 2.24) is 19.7 Å². The van der Waals surface area contributed by atoms with Crippen molar-refractivity contribution in [2.45, 2.75) is 19.9 Å². The molecule has 134 valence electrons. The van der Waals surface area contributed by atoms with Crippen LogP contribution in [0.2, 0.25) is 0 Å². The summed E-state index contributed by atoms with van der Waals surface area (Å²) in [5, 5.41) is 8.56. The van der Waals surface area contributed by atoms with Crippen LogP contribution in [0.25, 0.3) is 22.2 Å². The van der Waals surface area contributed by atoms with Gasteiger partial charge in [-0.2, -0.15) is 5.10 Å². The number of fused-ring (bicyclic) bond motifs is 2. The molecular formula is C19H21N5O2. The van der Waals surface area contributed by atoms with Gasteiger partial charge in [-0.05, 0) is 13.0 Å². The van der Waals surface area contributed by atoms with Gasteiger partial charge in [-0.15, -0.1) is 0 Å². The van der Waals surface area contributed by atoms with Gasteiger partial charge < -0.3 is 9.88 Å². The third-order valence-electron chi connectivity index (χ3n) is 4.72. The minimum atomic E-state index is -0.165. The Hall–Kier alpha value is -3.09. The zero-order valence-electron chi connectivity index (χ0n) is 14.9. The quantitative estimate of drug-likeness (QED) is 0.780. The Labute approximate surface area is 151 Å². The number of hydrogen-bond donors (Lipinski definition) is 1. The number of likely N-dealkylation sites (N-methyl/N-ethyl adjacent to an activating group) is 1. The number of aryl methyl sites for hydroxylation is 2. The molecular weight excluding hydrogens is 330 g/mol. The van der Waals surface area contributed by atoms with Crippen LogP contribution in [0.3, 0.4) is 0 Å². The Morgan fingerprint density at radius 1 is 1.31 bits per heavy atom. The van der Waals surface area contributed by atoms with Crippen molar-refractivity contribution in [3.05, 3.63) is 36.5 Å². The molecule has 0 atom stereocenters. The maximum atomic E-state index is 12.4. The maximum absolute atomic E-state index is 12.4. The van der Waals surface area contributed by atoms with Crippen molar-refractivity contribution in [2.75, 3.05) is 18.0 Å². The monoisotopic (exact) mass is 351 g/mol. The van der Waals surface area contributed by atoms with E-state index in [4.69, 9.17) is 5.10 Å². The molecule has 7 heteroatoms. The predicted octanol–water partition coefficient (Wildman–Crippen LogP) is 1.91. The highest BCUT2D eigenvalue weighted by Crippen LogP contribution is 2.33. The second-order valence-corrected chi connectivity index (χ2v) is 6.47. The van der Waals surface area contributed by atoms with Crippen LogP contribution in [-0.4, -0.2) is 39.3 Å². The van der Waals surface area contributed by atoms with Gasteiger partial charge in [0.25, 0.3) is 0 Å². The van der Waals surface area contributed by atoms with Crippen LogP contribution >= 0.6 is 0 Å². The number of nitrogens with one attached hydrogen (secondary N) is 1. The van der Waals surface area contributed by atoms with Crippen molar-refractivity contribution >= 4 is 28.5 Å². The minimum absolute atomic E-state index is 0.0212. The number of anilines is 1. The van der Waals surface area contributed by atoms with Crippen molar-refractivity contribution in [2.24, 2.45) is 7.05 Å². The standard InChI is InChI=1S/C19H21N5O2/c1-3-20-17(25)12-23-18-10-15(21-24(18)9-8-19(23)26)14-11-22(2)16-7-5-4-6-13(14)16/h4-7,10-11H,3,8-9,12H2,1-2H3,(H,20,25). The van der Waals surface area contributed by atoms with Gasteiger partial charge in [-0.3, -0.25) is 14.5 Å². The molecule has 1 aliphatic heterocycles. The lowest BCUT2D eigenvalue weighted by Gasteiger charge is -2.26. The molecule has 0 unspecified atom stereocenters. The summed E-state index contributed by atoms with van der Waals surface area (Å²) in [6, 6.07) is 10.1. The van der Waals surface area contributed by atoms with Crippen molar-refractivity contribution in [1.29, 1.82) is 0 Å². The fraction of sp³-hybridized carbons (Fsp3) is 0.316. The van der Waals surface area contributed by atoms with E-state index in [2.05, 4.69) is 28.2 Å². The van der Waals surface area contributed by atoms with Crippen LogP contribution < -0.4 is 10.2 Å². The van der Waals surface area contributed by atoms with E-state index in [1.807, 2.05) is 36.9 Å². The van der Waals surface area contributed by atoms with E-state index in [0.717, 1.165) is 22.2 Å². The number of aromatic nitrogens is 3. The molecule has 3 heterocycles. The van der Waals surface area contributed by atoms with Crippen LogP contribution in [-0.2, 0) is 23.2 Å². The molecule has 0 spiro atoms. The van der Waals surface area contributed by atoms with Crippen molar-refractivity contribution in [3.8, 4) is 11.3 Å². The van der Waals surface area contributed by atoms with Gasteiger partial charge in [0, 0.05) is 48.7 Å². The number of para-hydroxylation sites is 1. The molecule has 0 bridgehead atoms. The van der Waals surface area contributed by atoms with E-state index in [1.165, 1.54) is 4.90 Å². The average molecular weight is 351 g/mol. The Morgan fingerprint density at radius 2 is 2.12 bits per heavy atom. The molecule has 1 aromatic carbocycles. The number of nitrogens with zero attached hydrogens (tertiary/aromatic N) is 4. The van der Waals surface area contributed by atoms with Crippen molar-refractivity contribution < 1.29 is 9.59 Å². The van der Waals surface area contributed by atoms with Crippen LogP contribution in [0.1, 0.15) is 13.3 Å². The molecule has 7 nitrogen and oxygen atoms in total. The summed E-state index contributed by atoms with van der Waals surface area (Å²) in [5.74, 6) is 0.464. The van der Waals surface area contributed by atoms with Crippen LogP contribution in [0.5, 0.6) is 0 Å². The summed E-state index contributed by atoms with van der Waals surface area (Å²) in [5.41, 5.74) is 2.96. The van der Waals surface area contributed by atoms with E-state index in [9.17, 15) is 9.59 Å². The third-order valence-corrected chi connectivity index (χ3v) is 4.72. The molecule has 0 fully saturated rings. The van der Waals surface area contributed by atoms with Gasteiger partial charge in [-0.1, -0.05) is 18.2 Å². The number of carbonyl (C=O) groups excluding carboxylic acids is 2. The van der Waals surface area contributed by atoms with E-state index in [1.54, 1.807) is 0 Å². The van der Waals surface area contributed by atoms with Crippen LogP contribution in [0.15, 0.2) is 36.5 Å². The van der Waals surface area contributed by atoms with E-state index >= 15 is 0 Å². The van der Waals surface area contributed by atoms with Gasteiger partial charge in [0.15, 0.2) is 0 Å². The zero-order chi connectivity index (χ0) is 18.3. The summed E-state index contributed by atoms with van der Waals surface area (Å²) in [6.07, 6.45) is 2.40. The number of amides is 2. The normalized spacial score (nSPS) is 13.9. The van der Waals surface area contributed by atoms with Gasteiger partial charge in [0.05, 0.1) is 12.2 Å². The topological polar surface area (TPSA) is 72.2 Å². The predicted molar refractivity (Wildman–Crippen MR) is 99.8 cm³/mol. The second kappa shape index (κ2) is 6.33. The first-order valence-corrected chi connectivity index (χ1v) is 8.78. The first-order chi connectivity index (χ1) is 12.6. The lowest BCUT2D eigenvalue weighted by molar-refractivity contribution is -0.124. The van der Waals surface area contributed by atoms with E-state index in [-0.39, 0.29) is 18.4 Å². The molecule has 26 heavy (non-hydrogen) atoms. The number of carbonyl (C=O) groups is 2. The molecule has 2 amide bonds. The minimum Gasteiger partial charge on any atom is -0.355 e. The molecule has 1 N–H and O–H groups in total. The third kappa shape index (κ3) is 2.65. The summed E-state index contributed by atoms with van der Waals surface area (Å²) in [7, 11) is 2.01. The number of hydrogen-bond acceptors (Lipinski definition) is 3. The largest absolute Gasteiger partial charge is 0.355 e. The molecule has 0 radical (unpaired) electrons. The van der Waals surface area contributed by atoms with Gasteiger partial charge in [0.1, 0.15) is 12.4 Å². The summed E-state index contributed by atoms with van der Waals surface area (Å²) < 4.78 is 3.89. The highest BCUT2D eigenvalue weighted by Gasteiger charge is 2.28. The number of rotatable bonds is 4. The van der Waals surface area contributed by atoms with Crippen LogP contribution in [0.4, 0.5) is 5.82 Å². The molecule has 3 aromatic rings. The van der Waals surface area contributed by atoms with Gasteiger partial charge >= 0.3 is 0 Å². The molecule has 0 aliphatic carbocycles. The first kappa shape index (κ1) is 16.4. The second-order valence-electron chi connectivity index (χ2n) is 6.47. The van der Waals surface area contributed by atoms with Crippen molar-refractivity contribution in [3.63, 3.8) is 0 Å². The average Bonchev–Trinajstić information content (AvgIpc) is 3.20. The molecule has 0 saturated heterocycles. The Kier molecular flexibility index (Phi) is 3.99. The van der Waals surface area contributed by atoms with Gasteiger partial charge in [0.2, 0.25) is 11.8 Å². The fourth-order valence-corrected chi connectivity index (χ4v) is 3.50. The Morgan fingerprint density at radius 3 is 2.92 bits per heavy atom. The Balaban J connectivity index is 1.75. The molecule has 0 saturated carbocycles. The SMILES string of the molecule is CCNC(=O)CN1C(=O)CCn2nc(-c3cn(C)c4ccccc34)cc21. The molecule has 1 aliphatic rings. The molecule has 4 rings (SSSR count). The van der Waals surface area contributed by atoms with E-state index in [0.29, 0.717) is 25.3 Å². The Bertz CT molecular complexity index is 1000. The zero-order valence-corrected chi connectivity index (χ0v) is 14.9. The summed E-state index contributed by atoms with van der Waals surface area (Å²) >= 11 is 0. The highest BCUT2D eigenvalue weighted by atomic mass is 16.2.